The topological polar surface area (TPSA) is 47.4 Å². The molecule has 1 aliphatic heterocycles. The van der Waals surface area contributed by atoms with E-state index in [0.29, 0.717) is 22.4 Å². The number of benzene rings is 2. The van der Waals surface area contributed by atoms with Crippen LogP contribution in [0.15, 0.2) is 59.6 Å². The number of aromatic nitrogens is 2. The van der Waals surface area contributed by atoms with Crippen molar-refractivity contribution in [3.8, 4) is 16.9 Å². The first kappa shape index (κ1) is 22.5. The molecule has 1 fully saturated rings. The third kappa shape index (κ3) is 4.70. The van der Waals surface area contributed by atoms with Crippen LogP contribution in [0.4, 0.5) is 0 Å². The molecule has 0 radical (unpaired) electrons. The van der Waals surface area contributed by atoms with Crippen molar-refractivity contribution in [2.24, 2.45) is 0 Å². The lowest BCUT2D eigenvalue weighted by atomic mass is 10.0. The Labute approximate surface area is 198 Å². The summed E-state index contributed by atoms with van der Waals surface area (Å²) < 4.78 is 7.56. The van der Waals surface area contributed by atoms with Gasteiger partial charge in [0.15, 0.2) is 0 Å². The third-order valence-corrected chi connectivity index (χ3v) is 6.68. The quantitative estimate of drug-likeness (QED) is 0.267. The SMILES string of the molecule is COCCCN1C(=O)C(=Cc2cn(-c3ccccc3)nc2-c2cc(C)ccc2C)SC1=S. The lowest BCUT2D eigenvalue weighted by Crippen LogP contribution is -2.29. The number of hydrogen-bond acceptors (Lipinski definition) is 5. The Morgan fingerprint density at radius 2 is 1.94 bits per heavy atom. The molecule has 1 saturated heterocycles. The molecule has 0 spiro atoms. The number of amides is 1. The van der Waals surface area contributed by atoms with Gasteiger partial charge in [0.2, 0.25) is 0 Å². The number of thiocarbonyl (C=S) groups is 1. The summed E-state index contributed by atoms with van der Waals surface area (Å²) in [5.41, 5.74) is 6.05. The van der Waals surface area contributed by atoms with E-state index in [0.717, 1.165) is 40.1 Å². The van der Waals surface area contributed by atoms with E-state index in [-0.39, 0.29) is 5.91 Å². The zero-order chi connectivity index (χ0) is 22.7. The van der Waals surface area contributed by atoms with Gasteiger partial charge in [-0.1, -0.05) is 59.9 Å². The Bertz CT molecular complexity index is 1190. The van der Waals surface area contributed by atoms with Crippen molar-refractivity contribution < 1.29 is 9.53 Å². The normalized spacial score (nSPS) is 15.2. The summed E-state index contributed by atoms with van der Waals surface area (Å²) in [6.07, 6.45) is 4.64. The van der Waals surface area contributed by atoms with Crippen LogP contribution >= 0.6 is 24.0 Å². The van der Waals surface area contributed by atoms with Crippen LogP contribution in [0, 0.1) is 13.8 Å². The van der Waals surface area contributed by atoms with Crippen LogP contribution in [-0.4, -0.2) is 45.2 Å². The van der Waals surface area contributed by atoms with Crippen molar-refractivity contribution in [1.29, 1.82) is 0 Å². The van der Waals surface area contributed by atoms with Crippen molar-refractivity contribution >= 4 is 40.3 Å². The first-order valence-corrected chi connectivity index (χ1v) is 11.7. The van der Waals surface area contributed by atoms with Gasteiger partial charge in [-0.3, -0.25) is 9.69 Å². The number of hydrogen-bond donors (Lipinski definition) is 0. The molecular weight excluding hydrogens is 438 g/mol. The second kappa shape index (κ2) is 9.81. The average Bonchev–Trinajstić information content (AvgIpc) is 3.32. The highest BCUT2D eigenvalue weighted by Gasteiger charge is 2.32. The summed E-state index contributed by atoms with van der Waals surface area (Å²) >= 11 is 6.81. The van der Waals surface area contributed by atoms with E-state index in [1.54, 1.807) is 12.0 Å². The minimum absolute atomic E-state index is 0.0597. The lowest BCUT2D eigenvalue weighted by Gasteiger charge is -2.13. The van der Waals surface area contributed by atoms with E-state index in [1.807, 2.05) is 47.3 Å². The molecule has 2 aromatic carbocycles. The summed E-state index contributed by atoms with van der Waals surface area (Å²) in [5, 5.41) is 4.91. The predicted octanol–water partition coefficient (Wildman–Crippen LogP) is 5.39. The molecule has 3 aromatic rings. The van der Waals surface area contributed by atoms with Crippen LogP contribution in [-0.2, 0) is 9.53 Å². The third-order valence-electron chi connectivity index (χ3n) is 5.30. The second-order valence-electron chi connectivity index (χ2n) is 7.71. The zero-order valence-corrected chi connectivity index (χ0v) is 20.0. The van der Waals surface area contributed by atoms with Crippen LogP contribution in [0.25, 0.3) is 23.0 Å². The molecular formula is C25H25N3O2S2. The number of para-hydroxylation sites is 1. The summed E-state index contributed by atoms with van der Waals surface area (Å²) in [4.78, 5) is 15.3. The van der Waals surface area contributed by atoms with Gasteiger partial charge in [-0.05, 0) is 50.1 Å². The fourth-order valence-electron chi connectivity index (χ4n) is 3.61. The number of methoxy groups -OCH3 is 1. The summed E-state index contributed by atoms with van der Waals surface area (Å²) in [5.74, 6) is -0.0597. The number of ether oxygens (including phenoxy) is 1. The Kier molecular flexibility index (Phi) is 6.89. The second-order valence-corrected chi connectivity index (χ2v) is 9.39. The molecule has 2 heterocycles. The predicted molar refractivity (Wildman–Crippen MR) is 135 cm³/mol. The number of rotatable bonds is 7. The maximum absolute atomic E-state index is 13.0. The van der Waals surface area contributed by atoms with Gasteiger partial charge < -0.3 is 4.74 Å². The van der Waals surface area contributed by atoms with Gasteiger partial charge in [-0.2, -0.15) is 5.10 Å². The average molecular weight is 464 g/mol. The van der Waals surface area contributed by atoms with Gasteiger partial charge >= 0.3 is 0 Å². The first-order valence-electron chi connectivity index (χ1n) is 10.4. The van der Waals surface area contributed by atoms with Gasteiger partial charge in [0, 0.05) is 37.6 Å². The van der Waals surface area contributed by atoms with Crippen LogP contribution in [0.3, 0.4) is 0 Å². The molecule has 4 rings (SSSR count). The molecule has 1 amide bonds. The van der Waals surface area contributed by atoms with Gasteiger partial charge in [0.1, 0.15) is 10.0 Å². The molecule has 0 aliphatic carbocycles. The number of nitrogens with zero attached hydrogens (tertiary/aromatic N) is 3. The van der Waals surface area contributed by atoms with Crippen molar-refractivity contribution in [2.45, 2.75) is 20.3 Å². The fraction of sp³-hybridized carbons (Fsp3) is 0.240. The first-order chi connectivity index (χ1) is 15.5. The molecule has 0 unspecified atom stereocenters. The van der Waals surface area contributed by atoms with Crippen molar-refractivity contribution in [2.75, 3.05) is 20.3 Å². The maximum Gasteiger partial charge on any atom is 0.266 e. The van der Waals surface area contributed by atoms with Gasteiger partial charge in [-0.25, -0.2) is 4.68 Å². The fourth-order valence-corrected chi connectivity index (χ4v) is 4.91. The van der Waals surface area contributed by atoms with Crippen LogP contribution in [0.1, 0.15) is 23.1 Å². The molecule has 1 aliphatic rings. The molecule has 7 heteroatoms. The van der Waals surface area contributed by atoms with Crippen molar-refractivity contribution in [3.05, 3.63) is 76.3 Å². The molecule has 1 aromatic heterocycles. The smallest absolute Gasteiger partial charge is 0.266 e. The highest BCUT2D eigenvalue weighted by Crippen LogP contribution is 2.35. The van der Waals surface area contributed by atoms with Crippen molar-refractivity contribution in [1.82, 2.24) is 14.7 Å². The van der Waals surface area contributed by atoms with Crippen LogP contribution in [0.2, 0.25) is 0 Å². The van der Waals surface area contributed by atoms with Gasteiger partial charge in [0.25, 0.3) is 5.91 Å². The minimum atomic E-state index is -0.0597. The van der Waals surface area contributed by atoms with E-state index in [9.17, 15) is 4.79 Å². The van der Waals surface area contributed by atoms with E-state index in [1.165, 1.54) is 11.8 Å². The Morgan fingerprint density at radius 3 is 2.69 bits per heavy atom. The number of carbonyl (C=O) groups is 1. The minimum Gasteiger partial charge on any atom is -0.385 e. The standard InChI is InChI=1S/C25H25N3O2S2/c1-17-10-11-18(2)21(14-17)23-19(16-28(26-23)20-8-5-4-6-9-20)15-22-24(29)27(25(31)32-22)12-7-13-30-3/h4-6,8-11,14-16H,7,12-13H2,1-3H3. The van der Waals surface area contributed by atoms with Crippen LogP contribution in [0.5, 0.6) is 0 Å². The lowest BCUT2D eigenvalue weighted by molar-refractivity contribution is -0.122. The summed E-state index contributed by atoms with van der Waals surface area (Å²) in [6, 6.07) is 16.3. The largest absolute Gasteiger partial charge is 0.385 e. The number of aryl methyl sites for hydroxylation is 2. The maximum atomic E-state index is 13.0. The molecule has 0 N–H and O–H groups in total. The van der Waals surface area contributed by atoms with E-state index in [4.69, 9.17) is 22.1 Å². The van der Waals surface area contributed by atoms with Crippen LogP contribution < -0.4 is 0 Å². The van der Waals surface area contributed by atoms with Gasteiger partial charge in [-0.15, -0.1) is 0 Å². The molecule has 5 nitrogen and oxygen atoms in total. The van der Waals surface area contributed by atoms with Gasteiger partial charge in [0.05, 0.1) is 10.6 Å². The molecule has 0 saturated carbocycles. The van der Waals surface area contributed by atoms with E-state index < -0.39 is 0 Å². The Morgan fingerprint density at radius 1 is 1.16 bits per heavy atom. The Hall–Kier alpha value is -2.74. The monoisotopic (exact) mass is 463 g/mol. The summed E-state index contributed by atoms with van der Waals surface area (Å²) in [6.45, 7) is 5.30. The molecule has 164 valence electrons. The number of carbonyl (C=O) groups excluding carboxylic acids is 1. The van der Waals surface area contributed by atoms with E-state index in [2.05, 4.69) is 32.0 Å². The summed E-state index contributed by atoms with van der Waals surface area (Å²) in [7, 11) is 1.66. The highest BCUT2D eigenvalue weighted by atomic mass is 32.2. The molecule has 0 atom stereocenters. The molecule has 32 heavy (non-hydrogen) atoms. The van der Waals surface area contributed by atoms with E-state index >= 15 is 0 Å². The zero-order valence-electron chi connectivity index (χ0n) is 18.4. The highest BCUT2D eigenvalue weighted by molar-refractivity contribution is 8.26. The Balaban J connectivity index is 1.76. The molecule has 0 bridgehead atoms. The van der Waals surface area contributed by atoms with Crippen molar-refractivity contribution in [3.63, 3.8) is 0 Å². The number of thioether (sulfide) groups is 1.